The Morgan fingerprint density at radius 3 is 2.45 bits per heavy atom. The number of rotatable bonds is 3. The molecule has 1 aromatic carbocycles. The van der Waals surface area contributed by atoms with Gasteiger partial charge in [0.25, 0.3) is 0 Å². The van der Waals surface area contributed by atoms with Gasteiger partial charge in [0.1, 0.15) is 5.82 Å². The zero-order valence-corrected chi connectivity index (χ0v) is 12.6. The molecule has 1 saturated heterocycles. The summed E-state index contributed by atoms with van der Waals surface area (Å²) in [7, 11) is 0. The molecule has 1 fully saturated rings. The number of hydrogen-bond donors (Lipinski definition) is 2. The van der Waals surface area contributed by atoms with Crippen molar-refractivity contribution in [2.24, 2.45) is 0 Å². The minimum Gasteiger partial charge on any atom is -0.322 e. The summed E-state index contributed by atoms with van der Waals surface area (Å²) >= 11 is 11.8. The molecule has 0 radical (unpaired) electrons. The summed E-state index contributed by atoms with van der Waals surface area (Å²) in [6.07, 6.45) is 0. The topological polar surface area (TPSA) is 44.4 Å². The molecule has 1 unspecified atom stereocenters. The van der Waals surface area contributed by atoms with E-state index in [9.17, 15) is 9.18 Å². The van der Waals surface area contributed by atoms with Crippen LogP contribution in [0, 0.1) is 5.82 Å². The standard InChI is InChI=1S/C13H16Cl2FN3O/c1-8(19-4-2-17-3-5-19)13(20)18-12-10(14)6-9(16)7-11(12)15/h6-8,17H,2-5H2,1H3,(H,18,20). The summed E-state index contributed by atoms with van der Waals surface area (Å²) in [5, 5.41) is 6.08. The third-order valence-electron chi connectivity index (χ3n) is 3.33. The Kier molecular flexibility index (Phi) is 5.21. The zero-order valence-electron chi connectivity index (χ0n) is 11.0. The van der Waals surface area contributed by atoms with E-state index in [1.54, 1.807) is 0 Å². The minimum absolute atomic E-state index is 0.0934. The van der Waals surface area contributed by atoms with Gasteiger partial charge in [0.05, 0.1) is 21.8 Å². The van der Waals surface area contributed by atoms with E-state index in [0.29, 0.717) is 0 Å². The van der Waals surface area contributed by atoms with Crippen LogP contribution in [0.5, 0.6) is 0 Å². The maximum atomic E-state index is 13.1. The summed E-state index contributed by atoms with van der Waals surface area (Å²) < 4.78 is 13.1. The number of piperazine rings is 1. The van der Waals surface area contributed by atoms with E-state index in [-0.39, 0.29) is 27.7 Å². The van der Waals surface area contributed by atoms with Crippen LogP contribution in [0.1, 0.15) is 6.92 Å². The third-order valence-corrected chi connectivity index (χ3v) is 3.93. The van der Waals surface area contributed by atoms with Crippen molar-refractivity contribution in [3.8, 4) is 0 Å². The summed E-state index contributed by atoms with van der Waals surface area (Å²) in [6.45, 7) is 5.15. The number of carbonyl (C=O) groups is 1. The van der Waals surface area contributed by atoms with Crippen LogP contribution < -0.4 is 10.6 Å². The number of halogens is 3. The number of benzene rings is 1. The van der Waals surface area contributed by atoms with Gasteiger partial charge in [-0.1, -0.05) is 23.2 Å². The highest BCUT2D eigenvalue weighted by atomic mass is 35.5. The average Bonchev–Trinajstić information content (AvgIpc) is 2.42. The lowest BCUT2D eigenvalue weighted by Crippen LogP contribution is -2.51. The highest BCUT2D eigenvalue weighted by Crippen LogP contribution is 2.31. The van der Waals surface area contributed by atoms with Crippen LogP contribution in [0.3, 0.4) is 0 Å². The van der Waals surface area contributed by atoms with Crippen molar-refractivity contribution >= 4 is 34.8 Å². The van der Waals surface area contributed by atoms with Gasteiger partial charge in [0.2, 0.25) is 5.91 Å². The Bertz CT molecular complexity index is 483. The van der Waals surface area contributed by atoms with Crippen molar-refractivity contribution in [2.75, 3.05) is 31.5 Å². The molecule has 110 valence electrons. The van der Waals surface area contributed by atoms with Gasteiger partial charge in [0.15, 0.2) is 0 Å². The van der Waals surface area contributed by atoms with Crippen LogP contribution in [0.25, 0.3) is 0 Å². The zero-order chi connectivity index (χ0) is 14.7. The monoisotopic (exact) mass is 319 g/mol. The van der Waals surface area contributed by atoms with Gasteiger partial charge in [-0.25, -0.2) is 4.39 Å². The van der Waals surface area contributed by atoms with E-state index in [1.165, 1.54) is 0 Å². The molecule has 0 aromatic heterocycles. The molecule has 0 bridgehead atoms. The van der Waals surface area contributed by atoms with E-state index in [1.807, 2.05) is 6.92 Å². The van der Waals surface area contributed by atoms with E-state index < -0.39 is 5.82 Å². The molecule has 4 nitrogen and oxygen atoms in total. The van der Waals surface area contributed by atoms with E-state index in [2.05, 4.69) is 15.5 Å². The van der Waals surface area contributed by atoms with Gasteiger partial charge in [-0.3, -0.25) is 9.69 Å². The van der Waals surface area contributed by atoms with Crippen LogP contribution in [-0.4, -0.2) is 43.0 Å². The van der Waals surface area contributed by atoms with Gasteiger partial charge in [0, 0.05) is 26.2 Å². The highest BCUT2D eigenvalue weighted by Gasteiger charge is 2.24. The van der Waals surface area contributed by atoms with Crippen LogP contribution in [0.4, 0.5) is 10.1 Å². The largest absolute Gasteiger partial charge is 0.322 e. The second kappa shape index (κ2) is 6.72. The fourth-order valence-corrected chi connectivity index (χ4v) is 2.68. The Labute approximate surface area is 127 Å². The Morgan fingerprint density at radius 1 is 1.35 bits per heavy atom. The van der Waals surface area contributed by atoms with Crippen molar-refractivity contribution in [3.05, 3.63) is 28.0 Å². The lowest BCUT2D eigenvalue weighted by atomic mass is 10.2. The molecule has 0 aliphatic carbocycles. The maximum Gasteiger partial charge on any atom is 0.241 e. The molecular formula is C13H16Cl2FN3O. The van der Waals surface area contributed by atoms with Crippen molar-refractivity contribution in [1.29, 1.82) is 0 Å². The first-order valence-electron chi connectivity index (χ1n) is 6.39. The van der Waals surface area contributed by atoms with E-state index in [0.717, 1.165) is 38.3 Å². The first-order chi connectivity index (χ1) is 9.49. The second-order valence-electron chi connectivity index (χ2n) is 4.70. The molecule has 1 aromatic rings. The number of nitrogens with one attached hydrogen (secondary N) is 2. The lowest BCUT2D eigenvalue weighted by molar-refractivity contribution is -0.120. The molecule has 2 N–H and O–H groups in total. The molecule has 1 aliphatic heterocycles. The van der Waals surface area contributed by atoms with Crippen LogP contribution in [-0.2, 0) is 4.79 Å². The smallest absolute Gasteiger partial charge is 0.241 e. The van der Waals surface area contributed by atoms with Crippen molar-refractivity contribution in [1.82, 2.24) is 10.2 Å². The molecule has 1 heterocycles. The van der Waals surface area contributed by atoms with Gasteiger partial charge < -0.3 is 10.6 Å². The molecule has 1 amide bonds. The molecule has 7 heteroatoms. The van der Waals surface area contributed by atoms with Gasteiger partial charge in [-0.05, 0) is 19.1 Å². The fourth-order valence-electron chi connectivity index (χ4n) is 2.12. The number of anilines is 1. The molecular weight excluding hydrogens is 304 g/mol. The van der Waals surface area contributed by atoms with Gasteiger partial charge >= 0.3 is 0 Å². The first-order valence-corrected chi connectivity index (χ1v) is 7.15. The normalized spacial score (nSPS) is 17.8. The number of nitrogens with zero attached hydrogens (tertiary/aromatic N) is 1. The molecule has 1 atom stereocenters. The highest BCUT2D eigenvalue weighted by molar-refractivity contribution is 6.39. The summed E-state index contributed by atoms with van der Waals surface area (Å²) in [6, 6.07) is 1.95. The molecule has 2 rings (SSSR count). The summed E-state index contributed by atoms with van der Waals surface area (Å²) in [4.78, 5) is 14.3. The predicted octanol–water partition coefficient (Wildman–Crippen LogP) is 2.36. The van der Waals surface area contributed by atoms with Gasteiger partial charge in [-0.2, -0.15) is 0 Å². The molecule has 20 heavy (non-hydrogen) atoms. The van der Waals surface area contributed by atoms with Crippen molar-refractivity contribution in [3.63, 3.8) is 0 Å². The minimum atomic E-state index is -0.534. The Balaban J connectivity index is 2.07. The quantitative estimate of drug-likeness (QED) is 0.899. The van der Waals surface area contributed by atoms with Gasteiger partial charge in [-0.15, -0.1) is 0 Å². The number of amides is 1. The van der Waals surface area contributed by atoms with Crippen LogP contribution in [0.15, 0.2) is 12.1 Å². The second-order valence-corrected chi connectivity index (χ2v) is 5.51. The first kappa shape index (κ1) is 15.5. The molecule has 0 saturated carbocycles. The third kappa shape index (κ3) is 3.61. The molecule has 0 spiro atoms. The fraction of sp³-hybridized carbons (Fsp3) is 0.462. The Hall–Kier alpha value is -0.880. The summed E-state index contributed by atoms with van der Waals surface area (Å²) in [5.74, 6) is -0.740. The van der Waals surface area contributed by atoms with E-state index >= 15 is 0 Å². The lowest BCUT2D eigenvalue weighted by Gasteiger charge is -2.31. The van der Waals surface area contributed by atoms with Crippen LogP contribution in [0.2, 0.25) is 10.0 Å². The van der Waals surface area contributed by atoms with Crippen LogP contribution >= 0.6 is 23.2 Å². The van der Waals surface area contributed by atoms with Crippen molar-refractivity contribution < 1.29 is 9.18 Å². The summed E-state index contributed by atoms with van der Waals surface area (Å²) in [5.41, 5.74) is 0.252. The average molecular weight is 320 g/mol. The number of hydrogen-bond acceptors (Lipinski definition) is 3. The number of carbonyl (C=O) groups excluding carboxylic acids is 1. The van der Waals surface area contributed by atoms with Crippen molar-refractivity contribution in [2.45, 2.75) is 13.0 Å². The maximum absolute atomic E-state index is 13.1. The molecule has 1 aliphatic rings. The predicted molar refractivity (Wildman–Crippen MR) is 79.0 cm³/mol. The van der Waals surface area contributed by atoms with E-state index in [4.69, 9.17) is 23.2 Å². The SMILES string of the molecule is CC(C(=O)Nc1c(Cl)cc(F)cc1Cl)N1CCNCC1. The Morgan fingerprint density at radius 2 is 1.90 bits per heavy atom.